The number of tetrazole rings is 1. The molecule has 2 aromatic heterocycles. The molecular formula is C33H37N9O2. The Bertz CT molecular complexity index is 1750. The van der Waals surface area contributed by atoms with Crippen molar-refractivity contribution in [3.8, 4) is 11.1 Å². The maximum Gasteiger partial charge on any atom is 0.270 e. The van der Waals surface area contributed by atoms with Gasteiger partial charge in [-0.2, -0.15) is 5.21 Å². The van der Waals surface area contributed by atoms with E-state index in [1.54, 1.807) is 6.07 Å². The fraction of sp³-hybridized carbons (Fsp3) is 0.333. The van der Waals surface area contributed by atoms with Crippen LogP contribution in [0.15, 0.2) is 60.7 Å². The number of nitrogens with one attached hydrogen (secondary N) is 3. The highest BCUT2D eigenvalue weighted by atomic mass is 16.2. The lowest BCUT2D eigenvalue weighted by atomic mass is 9.98. The van der Waals surface area contributed by atoms with Gasteiger partial charge in [0, 0.05) is 37.2 Å². The third-order valence-corrected chi connectivity index (χ3v) is 8.12. The second-order valence-electron chi connectivity index (χ2n) is 11.3. The van der Waals surface area contributed by atoms with Crippen LogP contribution in [0, 0.1) is 6.92 Å². The topological polar surface area (TPSA) is 134 Å². The summed E-state index contributed by atoms with van der Waals surface area (Å²) in [5.74, 6) is 0.759. The van der Waals surface area contributed by atoms with E-state index >= 15 is 0 Å². The average Bonchev–Trinajstić information content (AvgIpc) is 3.81. The third kappa shape index (κ3) is 6.37. The number of aromatic amines is 1. The molecule has 3 heterocycles. The molecule has 6 rings (SSSR count). The number of carbonyl (C=O) groups is 2. The molecule has 226 valence electrons. The molecule has 3 aromatic carbocycles. The van der Waals surface area contributed by atoms with Gasteiger partial charge in [0.1, 0.15) is 5.82 Å². The molecular weight excluding hydrogens is 554 g/mol. The number of likely N-dealkylation sites (tertiary alicyclic amines) is 1. The first-order chi connectivity index (χ1) is 21.5. The summed E-state index contributed by atoms with van der Waals surface area (Å²) < 4.78 is 2.23. The number of carbonyl (C=O) groups excluding carboxylic acids is 2. The summed E-state index contributed by atoms with van der Waals surface area (Å²) >= 11 is 0. The number of anilines is 1. The van der Waals surface area contributed by atoms with Crippen molar-refractivity contribution < 1.29 is 9.59 Å². The van der Waals surface area contributed by atoms with Crippen molar-refractivity contribution in [3.05, 3.63) is 88.7 Å². The van der Waals surface area contributed by atoms with Crippen LogP contribution in [0.4, 0.5) is 5.95 Å². The van der Waals surface area contributed by atoms with Crippen LogP contribution >= 0.6 is 0 Å². The monoisotopic (exact) mass is 591 g/mol. The molecule has 0 bridgehead atoms. The van der Waals surface area contributed by atoms with Crippen LogP contribution in [0.3, 0.4) is 0 Å². The maximum atomic E-state index is 13.2. The van der Waals surface area contributed by atoms with Crippen molar-refractivity contribution >= 4 is 28.8 Å². The highest BCUT2D eigenvalue weighted by Crippen LogP contribution is 2.27. The van der Waals surface area contributed by atoms with Crippen LogP contribution in [0.5, 0.6) is 0 Å². The Kier molecular flexibility index (Phi) is 8.74. The van der Waals surface area contributed by atoms with Crippen molar-refractivity contribution in [1.82, 2.24) is 40.4 Å². The predicted octanol–water partition coefficient (Wildman–Crippen LogP) is 4.60. The number of rotatable bonds is 11. The van der Waals surface area contributed by atoms with Gasteiger partial charge in [0.05, 0.1) is 11.0 Å². The Labute approximate surface area is 256 Å². The summed E-state index contributed by atoms with van der Waals surface area (Å²) in [4.78, 5) is 33.5. The predicted molar refractivity (Wildman–Crippen MR) is 170 cm³/mol. The summed E-state index contributed by atoms with van der Waals surface area (Å²) in [7, 11) is 0. The van der Waals surface area contributed by atoms with Crippen LogP contribution in [-0.4, -0.2) is 73.1 Å². The number of nitrogens with zero attached hydrogens (tertiary/aromatic N) is 6. The fourth-order valence-corrected chi connectivity index (χ4v) is 5.89. The van der Waals surface area contributed by atoms with Crippen LogP contribution < -0.4 is 10.6 Å². The van der Waals surface area contributed by atoms with Crippen molar-refractivity contribution in [1.29, 1.82) is 0 Å². The number of hydrogen-bond donors (Lipinski definition) is 3. The molecule has 3 N–H and O–H groups in total. The Hall–Kier alpha value is -4.90. The highest BCUT2D eigenvalue weighted by Gasteiger charge is 2.18. The molecule has 0 radical (unpaired) electrons. The summed E-state index contributed by atoms with van der Waals surface area (Å²) in [6.45, 7) is 8.55. The molecule has 0 unspecified atom stereocenters. The van der Waals surface area contributed by atoms with Gasteiger partial charge < -0.3 is 14.8 Å². The molecule has 11 heteroatoms. The van der Waals surface area contributed by atoms with Gasteiger partial charge in [-0.25, -0.2) is 4.98 Å². The minimum atomic E-state index is -0.313. The van der Waals surface area contributed by atoms with E-state index in [4.69, 9.17) is 4.98 Å². The summed E-state index contributed by atoms with van der Waals surface area (Å²) in [5.41, 5.74) is 6.87. The van der Waals surface area contributed by atoms with Crippen molar-refractivity contribution in [2.45, 2.75) is 46.1 Å². The van der Waals surface area contributed by atoms with Crippen LogP contribution in [0.25, 0.3) is 22.2 Å². The number of aromatic nitrogens is 6. The van der Waals surface area contributed by atoms with E-state index in [0.717, 1.165) is 71.6 Å². The number of aryl methyl sites for hydroxylation is 2. The van der Waals surface area contributed by atoms with E-state index in [9.17, 15) is 9.59 Å². The second kappa shape index (κ2) is 13.2. The summed E-state index contributed by atoms with van der Waals surface area (Å²) in [6.07, 6.45) is 4.29. The van der Waals surface area contributed by atoms with Crippen LogP contribution in [-0.2, 0) is 13.0 Å². The minimum absolute atomic E-state index is 0.0506. The molecule has 1 saturated heterocycles. The summed E-state index contributed by atoms with van der Waals surface area (Å²) in [5, 5.41) is 19.2. The number of H-pyrrole nitrogens is 1. The molecule has 0 aliphatic carbocycles. The first-order valence-corrected chi connectivity index (χ1v) is 15.2. The molecule has 2 amide bonds. The molecule has 0 saturated carbocycles. The molecule has 1 fully saturated rings. The zero-order valence-corrected chi connectivity index (χ0v) is 25.1. The number of fused-ring (bicyclic) bond motifs is 1. The van der Waals surface area contributed by atoms with Gasteiger partial charge in [-0.15, -0.1) is 5.10 Å². The van der Waals surface area contributed by atoms with Crippen molar-refractivity contribution in [2.75, 3.05) is 31.5 Å². The van der Waals surface area contributed by atoms with Gasteiger partial charge in [0.2, 0.25) is 0 Å². The third-order valence-electron chi connectivity index (χ3n) is 8.12. The Morgan fingerprint density at radius 3 is 2.55 bits per heavy atom. The van der Waals surface area contributed by atoms with Crippen LogP contribution in [0.2, 0.25) is 0 Å². The number of hydrogen-bond acceptors (Lipinski definition) is 7. The Morgan fingerprint density at radius 1 is 1.00 bits per heavy atom. The lowest BCUT2D eigenvalue weighted by molar-refractivity contribution is 0.0949. The number of imidazole rings is 1. The van der Waals surface area contributed by atoms with Crippen molar-refractivity contribution in [3.63, 3.8) is 0 Å². The molecule has 44 heavy (non-hydrogen) atoms. The number of benzene rings is 3. The zero-order valence-electron chi connectivity index (χ0n) is 25.1. The standard InChI is InChI=1S/C33H37N9O2/c1-3-8-29-35-30-22(2)19-25(31(43)34-15-18-41-16-6-7-17-41)20-28(30)42(29)21-23-11-13-24(14-12-23)26-9-4-5-10-27(26)32(44)36-33-37-39-40-38-33/h4-5,9-14,19-20H,3,6-8,15-18,21H2,1-2H3,(H,34,43)(H2,36,37,38,39,40,44). The van der Waals surface area contributed by atoms with Crippen LogP contribution in [0.1, 0.15) is 63.9 Å². The van der Waals surface area contributed by atoms with Gasteiger partial charge in [0.25, 0.3) is 17.8 Å². The molecule has 1 aliphatic heterocycles. The average molecular weight is 592 g/mol. The fourth-order valence-electron chi connectivity index (χ4n) is 5.89. The quantitative estimate of drug-likeness (QED) is 0.204. The van der Waals surface area contributed by atoms with E-state index in [1.807, 2.05) is 49.4 Å². The van der Waals surface area contributed by atoms with Crippen molar-refractivity contribution in [2.24, 2.45) is 0 Å². The molecule has 0 atom stereocenters. The molecule has 1 aliphatic rings. The second-order valence-corrected chi connectivity index (χ2v) is 11.3. The Balaban J connectivity index is 1.24. The lowest BCUT2D eigenvalue weighted by Gasteiger charge is -2.15. The zero-order chi connectivity index (χ0) is 30.5. The smallest absolute Gasteiger partial charge is 0.270 e. The molecule has 11 nitrogen and oxygen atoms in total. The number of amides is 2. The van der Waals surface area contributed by atoms with E-state index in [1.165, 1.54) is 12.8 Å². The van der Waals surface area contributed by atoms with E-state index in [0.29, 0.717) is 24.2 Å². The SMILES string of the molecule is CCCc1nc2c(C)cc(C(=O)NCCN3CCCC3)cc2n1Cc1ccc(-c2ccccc2C(=O)Nc2nn[nH]n2)cc1. The highest BCUT2D eigenvalue weighted by molar-refractivity contribution is 6.08. The minimum Gasteiger partial charge on any atom is -0.351 e. The molecule has 5 aromatic rings. The largest absolute Gasteiger partial charge is 0.351 e. The Morgan fingerprint density at radius 2 is 1.80 bits per heavy atom. The first-order valence-electron chi connectivity index (χ1n) is 15.2. The molecule has 0 spiro atoms. The lowest BCUT2D eigenvalue weighted by Crippen LogP contribution is -2.33. The van der Waals surface area contributed by atoms with E-state index in [-0.39, 0.29) is 17.8 Å². The van der Waals surface area contributed by atoms with E-state index < -0.39 is 0 Å². The van der Waals surface area contributed by atoms with Gasteiger partial charge in [-0.1, -0.05) is 54.5 Å². The van der Waals surface area contributed by atoms with E-state index in [2.05, 4.69) is 59.8 Å². The van der Waals surface area contributed by atoms with Gasteiger partial charge in [0.15, 0.2) is 0 Å². The summed E-state index contributed by atoms with van der Waals surface area (Å²) in [6, 6.07) is 19.6. The van der Waals surface area contributed by atoms with Gasteiger partial charge in [-0.3, -0.25) is 14.9 Å². The maximum absolute atomic E-state index is 13.2. The van der Waals surface area contributed by atoms with Gasteiger partial charge in [-0.05, 0) is 84.9 Å². The normalized spacial score (nSPS) is 13.4. The van der Waals surface area contributed by atoms with Gasteiger partial charge >= 0.3 is 0 Å². The first kappa shape index (κ1) is 29.2.